The maximum atomic E-state index is 12.2. The van der Waals surface area contributed by atoms with Crippen LogP contribution in [0.3, 0.4) is 0 Å². The van der Waals surface area contributed by atoms with Crippen LogP contribution in [-0.2, 0) is 16.0 Å². The topological polar surface area (TPSA) is 73.4 Å². The van der Waals surface area contributed by atoms with E-state index in [2.05, 4.69) is 21.1 Å². The Bertz CT molecular complexity index is 696. The molecule has 124 valence electrons. The van der Waals surface area contributed by atoms with Crippen molar-refractivity contribution in [1.29, 1.82) is 0 Å². The number of hydrogen-bond acceptors (Lipinski definition) is 2. The summed E-state index contributed by atoms with van der Waals surface area (Å²) in [6.45, 7) is 4.07. The van der Waals surface area contributed by atoms with Gasteiger partial charge in [-0.25, -0.2) is 4.79 Å². The summed E-state index contributed by atoms with van der Waals surface area (Å²) in [7, 11) is 0. The zero-order chi connectivity index (χ0) is 17.0. The average molecular weight is 381 g/mol. The molecule has 5 nitrogen and oxygen atoms in total. The van der Waals surface area contributed by atoms with Crippen molar-refractivity contribution in [2.75, 3.05) is 0 Å². The summed E-state index contributed by atoms with van der Waals surface area (Å²) in [5.74, 6) is -0.826. The number of carboxylic acid groups (broad SMARTS) is 1. The van der Waals surface area contributed by atoms with Gasteiger partial charge in [-0.15, -0.1) is 0 Å². The molecule has 1 heterocycles. The van der Waals surface area contributed by atoms with Crippen molar-refractivity contribution >= 4 is 38.9 Å². The van der Waals surface area contributed by atoms with Gasteiger partial charge in [0.1, 0.15) is 6.04 Å². The summed E-state index contributed by atoms with van der Waals surface area (Å²) in [5, 5.41) is 10.5. The van der Waals surface area contributed by atoms with E-state index in [4.69, 9.17) is 0 Å². The van der Waals surface area contributed by atoms with E-state index in [1.165, 1.54) is 3.93 Å². The Balaban J connectivity index is 2.15. The molecule has 0 radical (unpaired) electrons. The highest BCUT2D eigenvalue weighted by Crippen LogP contribution is 2.22. The first-order chi connectivity index (χ1) is 10.9. The van der Waals surface area contributed by atoms with Gasteiger partial charge >= 0.3 is 5.97 Å². The maximum Gasteiger partial charge on any atom is 0.327 e. The largest absolute Gasteiger partial charge is 0.480 e. The third-order valence-electron chi connectivity index (χ3n) is 3.82. The van der Waals surface area contributed by atoms with E-state index in [1.54, 1.807) is 6.20 Å². The molecular formula is C17H21BrN2O3. The third kappa shape index (κ3) is 4.34. The van der Waals surface area contributed by atoms with Gasteiger partial charge in [0, 0.05) is 29.9 Å². The second-order valence-corrected chi connectivity index (χ2v) is 6.82. The molecule has 1 aromatic carbocycles. The fourth-order valence-electron chi connectivity index (χ4n) is 2.47. The number of para-hydroxylation sites is 1. The Labute approximate surface area is 144 Å². The number of halogens is 1. The number of aliphatic carboxylic acids is 1. The van der Waals surface area contributed by atoms with Crippen LogP contribution >= 0.6 is 16.1 Å². The number of fused-ring (bicyclic) bond motifs is 1. The predicted octanol–water partition coefficient (Wildman–Crippen LogP) is 3.74. The molecule has 0 saturated heterocycles. The van der Waals surface area contributed by atoms with Crippen LogP contribution in [0.1, 0.15) is 32.3 Å². The van der Waals surface area contributed by atoms with E-state index in [1.807, 2.05) is 38.1 Å². The lowest BCUT2D eigenvalue weighted by Crippen LogP contribution is -2.40. The minimum Gasteiger partial charge on any atom is -0.480 e. The van der Waals surface area contributed by atoms with Gasteiger partial charge in [-0.05, 0) is 24.0 Å². The van der Waals surface area contributed by atoms with Gasteiger partial charge < -0.3 is 10.1 Å². The summed E-state index contributed by atoms with van der Waals surface area (Å²) in [4.78, 5) is 26.9. The Kier molecular flexibility index (Phi) is 5.82. The summed E-state index contributed by atoms with van der Waals surface area (Å²) in [6, 6.07) is 6.78. The Hall–Kier alpha value is -1.82. The van der Waals surface area contributed by atoms with Crippen molar-refractivity contribution < 1.29 is 14.7 Å². The lowest BCUT2D eigenvalue weighted by atomic mass is 10.0. The quantitative estimate of drug-likeness (QED) is 0.718. The van der Waals surface area contributed by atoms with E-state index in [-0.39, 0.29) is 12.3 Å². The summed E-state index contributed by atoms with van der Waals surface area (Å²) >= 11 is 3.16. The monoisotopic (exact) mass is 380 g/mol. The molecule has 0 aliphatic rings. The summed E-state index contributed by atoms with van der Waals surface area (Å²) < 4.78 is 1.18. The van der Waals surface area contributed by atoms with Crippen LogP contribution in [0, 0.1) is 5.92 Å². The molecule has 0 unspecified atom stereocenters. The van der Waals surface area contributed by atoms with Crippen molar-refractivity contribution in [3.63, 3.8) is 0 Å². The molecule has 2 rings (SSSR count). The lowest BCUT2D eigenvalue weighted by Gasteiger charge is -2.22. The fourth-order valence-corrected chi connectivity index (χ4v) is 2.96. The van der Waals surface area contributed by atoms with Crippen LogP contribution in [0.4, 0.5) is 0 Å². The Morgan fingerprint density at radius 2 is 2.00 bits per heavy atom. The van der Waals surface area contributed by atoms with Gasteiger partial charge in [-0.1, -0.05) is 32.0 Å². The number of nitrogens with one attached hydrogen (secondary N) is 1. The number of H-pyrrole nitrogens is 1. The Morgan fingerprint density at radius 3 is 2.65 bits per heavy atom. The van der Waals surface area contributed by atoms with Gasteiger partial charge in [0.2, 0.25) is 5.91 Å². The number of rotatable bonds is 7. The van der Waals surface area contributed by atoms with E-state index in [9.17, 15) is 14.7 Å². The molecule has 1 amide bonds. The molecule has 6 heteroatoms. The van der Waals surface area contributed by atoms with Crippen LogP contribution in [0.25, 0.3) is 10.9 Å². The third-order valence-corrected chi connectivity index (χ3v) is 4.71. The van der Waals surface area contributed by atoms with E-state index >= 15 is 0 Å². The highest BCUT2D eigenvalue weighted by Gasteiger charge is 2.29. The number of nitrogens with zero attached hydrogens (tertiary/aromatic N) is 1. The molecule has 0 spiro atoms. The summed E-state index contributed by atoms with van der Waals surface area (Å²) in [5.41, 5.74) is 1.84. The first-order valence-corrected chi connectivity index (χ1v) is 8.36. The standard InChI is InChI=1S/C17H21BrN2O3/c1-11(2)7-8-16(21)20(18)15(17(22)23)9-12-10-19-14-6-4-3-5-13(12)14/h3-6,10-11,15,19H,7-9H2,1-2H3,(H,22,23)/t15-/m0/s1. The van der Waals surface area contributed by atoms with Crippen molar-refractivity contribution in [3.05, 3.63) is 36.0 Å². The number of carbonyl (C=O) groups is 2. The fraction of sp³-hybridized carbons (Fsp3) is 0.412. The van der Waals surface area contributed by atoms with Crippen LogP contribution in [0.5, 0.6) is 0 Å². The van der Waals surface area contributed by atoms with Crippen LogP contribution in [0.2, 0.25) is 0 Å². The number of hydrogen-bond donors (Lipinski definition) is 2. The van der Waals surface area contributed by atoms with Gasteiger partial charge in [-0.2, -0.15) is 0 Å². The Morgan fingerprint density at radius 1 is 1.30 bits per heavy atom. The normalized spacial score (nSPS) is 12.5. The average Bonchev–Trinajstić information content (AvgIpc) is 2.92. The lowest BCUT2D eigenvalue weighted by molar-refractivity contribution is -0.145. The minimum absolute atomic E-state index is 0.203. The zero-order valence-corrected chi connectivity index (χ0v) is 14.8. The SMILES string of the molecule is CC(C)CCC(=O)N(Br)[C@@H](Cc1c[nH]c2ccccc12)C(=O)O. The smallest absolute Gasteiger partial charge is 0.327 e. The van der Waals surface area contributed by atoms with Crippen LogP contribution in [0.15, 0.2) is 30.5 Å². The molecule has 1 atom stereocenters. The molecule has 0 saturated carbocycles. The molecule has 2 N–H and O–H groups in total. The van der Waals surface area contributed by atoms with E-state index < -0.39 is 12.0 Å². The summed E-state index contributed by atoms with van der Waals surface area (Å²) in [6.07, 6.45) is 3.12. The van der Waals surface area contributed by atoms with Crippen molar-refractivity contribution in [2.24, 2.45) is 5.92 Å². The van der Waals surface area contributed by atoms with Crippen molar-refractivity contribution in [3.8, 4) is 0 Å². The molecule has 0 fully saturated rings. The van der Waals surface area contributed by atoms with Crippen LogP contribution in [-0.4, -0.2) is 31.9 Å². The van der Waals surface area contributed by atoms with Gasteiger partial charge in [0.25, 0.3) is 0 Å². The van der Waals surface area contributed by atoms with E-state index in [0.717, 1.165) is 22.9 Å². The van der Waals surface area contributed by atoms with Crippen molar-refractivity contribution in [1.82, 2.24) is 8.91 Å². The molecule has 2 aromatic rings. The highest BCUT2D eigenvalue weighted by atomic mass is 79.9. The first-order valence-electron chi connectivity index (χ1n) is 7.65. The number of aromatic amines is 1. The van der Waals surface area contributed by atoms with Gasteiger partial charge in [-0.3, -0.25) is 8.72 Å². The molecular weight excluding hydrogens is 360 g/mol. The molecule has 0 aliphatic heterocycles. The number of amides is 1. The highest BCUT2D eigenvalue weighted by molar-refractivity contribution is 9.07. The van der Waals surface area contributed by atoms with Gasteiger partial charge in [0.05, 0.1) is 16.1 Å². The van der Waals surface area contributed by atoms with Crippen molar-refractivity contribution in [2.45, 2.75) is 39.2 Å². The molecule has 0 bridgehead atoms. The minimum atomic E-state index is -1.02. The predicted molar refractivity (Wildman–Crippen MR) is 93.3 cm³/mol. The van der Waals surface area contributed by atoms with E-state index in [0.29, 0.717) is 12.3 Å². The zero-order valence-electron chi connectivity index (χ0n) is 13.3. The second-order valence-electron chi connectivity index (χ2n) is 6.06. The first kappa shape index (κ1) is 17.5. The second kappa shape index (κ2) is 7.64. The molecule has 1 aromatic heterocycles. The number of carboxylic acids is 1. The number of benzene rings is 1. The maximum absolute atomic E-state index is 12.2. The van der Waals surface area contributed by atoms with Gasteiger partial charge in [0.15, 0.2) is 0 Å². The van der Waals surface area contributed by atoms with Crippen LogP contribution < -0.4 is 0 Å². The number of aromatic nitrogens is 1. The number of carbonyl (C=O) groups excluding carboxylic acids is 1. The molecule has 23 heavy (non-hydrogen) atoms. The molecule has 0 aliphatic carbocycles.